The number of anilines is 1. The Hall–Kier alpha value is -5.26. The highest BCUT2D eigenvalue weighted by atomic mass is 16.6. The molecule has 0 atom stereocenters. The fourth-order valence-electron chi connectivity index (χ4n) is 3.52. The lowest BCUT2D eigenvalue weighted by Gasteiger charge is -2.14. The molecule has 174 valence electrons. The predicted molar refractivity (Wildman–Crippen MR) is 118 cm³/mol. The SMILES string of the molecule is O=C(COC(=O)c1cccc(N2C(=O)c3cccc([N+](=O)[O-])c3C2=O)c1)c1cccc([N+](=O)[O-])c1. The minimum absolute atomic E-state index is 0.0200. The second kappa shape index (κ2) is 8.94. The first-order valence-corrected chi connectivity index (χ1v) is 9.90. The van der Waals surface area contributed by atoms with Crippen LogP contribution in [-0.2, 0) is 4.74 Å². The second-order valence-corrected chi connectivity index (χ2v) is 7.26. The van der Waals surface area contributed by atoms with Crippen molar-refractivity contribution < 1.29 is 33.8 Å². The maximum Gasteiger partial charge on any atom is 0.338 e. The van der Waals surface area contributed by atoms with Gasteiger partial charge in [0.1, 0.15) is 5.56 Å². The van der Waals surface area contributed by atoms with E-state index in [4.69, 9.17) is 4.74 Å². The number of nitro groups is 2. The molecule has 0 radical (unpaired) electrons. The molecule has 0 saturated heterocycles. The first-order valence-electron chi connectivity index (χ1n) is 9.90. The maximum atomic E-state index is 12.9. The van der Waals surface area contributed by atoms with E-state index in [0.717, 1.165) is 12.1 Å². The van der Waals surface area contributed by atoms with Gasteiger partial charge in [-0.05, 0) is 24.3 Å². The molecule has 3 aromatic rings. The topological polar surface area (TPSA) is 167 Å². The van der Waals surface area contributed by atoms with Gasteiger partial charge in [-0.3, -0.25) is 34.6 Å². The standard InChI is InChI=1S/C23H13N3O9/c27-19(13-4-1-7-16(10-13)25(31)32)12-35-23(30)14-5-2-6-15(11-14)24-21(28)17-8-3-9-18(26(33)34)20(17)22(24)29/h1-11H,12H2. The van der Waals surface area contributed by atoms with Gasteiger partial charge in [-0.25, -0.2) is 9.69 Å². The summed E-state index contributed by atoms with van der Waals surface area (Å²) in [6, 6.07) is 13.8. The zero-order valence-electron chi connectivity index (χ0n) is 17.6. The molecule has 0 N–H and O–H groups in total. The minimum Gasteiger partial charge on any atom is -0.454 e. The molecule has 0 bridgehead atoms. The summed E-state index contributed by atoms with van der Waals surface area (Å²) >= 11 is 0. The Morgan fingerprint density at radius 1 is 0.829 bits per heavy atom. The quantitative estimate of drug-likeness (QED) is 0.164. The lowest BCUT2D eigenvalue weighted by Crippen LogP contribution is -2.29. The molecule has 1 aliphatic heterocycles. The van der Waals surface area contributed by atoms with Crippen LogP contribution in [0.1, 0.15) is 41.4 Å². The number of rotatable bonds is 7. The molecule has 0 saturated carbocycles. The van der Waals surface area contributed by atoms with Gasteiger partial charge in [0, 0.05) is 23.8 Å². The lowest BCUT2D eigenvalue weighted by molar-refractivity contribution is -0.385. The molecule has 0 aromatic heterocycles. The highest BCUT2D eigenvalue weighted by Crippen LogP contribution is 2.34. The highest BCUT2D eigenvalue weighted by molar-refractivity contribution is 6.35. The zero-order chi connectivity index (χ0) is 25.3. The molecular weight excluding hydrogens is 462 g/mol. The molecule has 0 spiro atoms. The second-order valence-electron chi connectivity index (χ2n) is 7.26. The minimum atomic E-state index is -0.951. The number of imide groups is 1. The van der Waals surface area contributed by atoms with Crippen LogP contribution in [0.3, 0.4) is 0 Å². The van der Waals surface area contributed by atoms with Crippen molar-refractivity contribution in [1.29, 1.82) is 0 Å². The van der Waals surface area contributed by atoms with Crippen LogP contribution < -0.4 is 4.90 Å². The Kier molecular flexibility index (Phi) is 5.85. The van der Waals surface area contributed by atoms with Crippen molar-refractivity contribution in [2.75, 3.05) is 11.5 Å². The summed E-state index contributed by atoms with van der Waals surface area (Å²) in [5, 5.41) is 22.1. The number of Topliss-reactive ketones (excluding diaryl/α,β-unsaturated/α-hetero) is 1. The van der Waals surface area contributed by atoms with Gasteiger partial charge >= 0.3 is 5.97 Å². The van der Waals surface area contributed by atoms with Gasteiger partial charge in [-0.2, -0.15) is 0 Å². The Morgan fingerprint density at radius 2 is 1.51 bits per heavy atom. The molecule has 1 aliphatic rings. The van der Waals surface area contributed by atoms with Gasteiger partial charge in [0.05, 0.1) is 26.7 Å². The summed E-state index contributed by atoms with van der Waals surface area (Å²) in [6.07, 6.45) is 0. The molecule has 2 amide bonds. The van der Waals surface area contributed by atoms with E-state index < -0.39 is 45.7 Å². The Morgan fingerprint density at radius 3 is 2.23 bits per heavy atom. The summed E-state index contributed by atoms with van der Waals surface area (Å²) < 4.78 is 4.99. The fourth-order valence-corrected chi connectivity index (χ4v) is 3.52. The van der Waals surface area contributed by atoms with Gasteiger partial charge < -0.3 is 4.74 Å². The van der Waals surface area contributed by atoms with Crippen LogP contribution in [0.4, 0.5) is 17.1 Å². The monoisotopic (exact) mass is 475 g/mol. The number of nitrogens with zero attached hydrogens (tertiary/aromatic N) is 3. The van der Waals surface area contributed by atoms with Crippen LogP contribution in [0.5, 0.6) is 0 Å². The summed E-state index contributed by atoms with van der Waals surface area (Å²) in [4.78, 5) is 71.8. The molecule has 0 unspecified atom stereocenters. The van der Waals surface area contributed by atoms with Crippen LogP contribution in [-0.4, -0.2) is 40.0 Å². The first kappa shape index (κ1) is 22.9. The zero-order valence-corrected chi connectivity index (χ0v) is 17.6. The van der Waals surface area contributed by atoms with Gasteiger partial charge in [0.15, 0.2) is 6.61 Å². The molecular formula is C23H13N3O9. The molecule has 0 aliphatic carbocycles. The Bertz CT molecular complexity index is 1450. The highest BCUT2D eigenvalue weighted by Gasteiger charge is 2.41. The largest absolute Gasteiger partial charge is 0.454 e. The van der Waals surface area contributed by atoms with Gasteiger partial charge in [-0.1, -0.05) is 24.3 Å². The van der Waals surface area contributed by atoms with E-state index in [1.807, 2.05) is 0 Å². The number of benzene rings is 3. The summed E-state index contributed by atoms with van der Waals surface area (Å²) in [7, 11) is 0. The van der Waals surface area contributed by atoms with Crippen LogP contribution in [0.2, 0.25) is 0 Å². The number of amides is 2. The number of hydrogen-bond acceptors (Lipinski definition) is 9. The number of carbonyl (C=O) groups is 4. The van der Waals surface area contributed by atoms with Crippen molar-refractivity contribution in [3.8, 4) is 0 Å². The molecule has 12 heteroatoms. The molecule has 35 heavy (non-hydrogen) atoms. The van der Waals surface area contributed by atoms with E-state index in [2.05, 4.69) is 0 Å². The summed E-state index contributed by atoms with van der Waals surface area (Å²) in [5.41, 5.74) is -1.44. The van der Waals surface area contributed by atoms with E-state index in [9.17, 15) is 39.4 Å². The number of fused-ring (bicyclic) bond motifs is 1. The number of ether oxygens (including phenoxy) is 1. The van der Waals surface area contributed by atoms with Crippen molar-refractivity contribution >= 4 is 40.6 Å². The van der Waals surface area contributed by atoms with E-state index in [1.165, 1.54) is 54.6 Å². The number of hydrogen-bond donors (Lipinski definition) is 0. The summed E-state index contributed by atoms with van der Waals surface area (Å²) in [6.45, 7) is -0.705. The number of nitro benzene ring substituents is 2. The van der Waals surface area contributed by atoms with Crippen molar-refractivity contribution in [3.63, 3.8) is 0 Å². The molecule has 3 aromatic carbocycles. The lowest BCUT2D eigenvalue weighted by atomic mass is 10.1. The summed E-state index contributed by atoms with van der Waals surface area (Å²) in [5.74, 6) is -3.33. The maximum absolute atomic E-state index is 12.9. The Balaban J connectivity index is 1.52. The molecule has 0 fully saturated rings. The van der Waals surface area contributed by atoms with Gasteiger partial charge in [0.2, 0.25) is 5.78 Å². The van der Waals surface area contributed by atoms with Crippen LogP contribution in [0.15, 0.2) is 66.7 Å². The van der Waals surface area contributed by atoms with Crippen molar-refractivity contribution in [3.05, 3.63) is 109 Å². The van der Waals surface area contributed by atoms with Crippen molar-refractivity contribution in [2.24, 2.45) is 0 Å². The van der Waals surface area contributed by atoms with E-state index in [0.29, 0.717) is 4.90 Å². The first-order chi connectivity index (χ1) is 16.7. The third kappa shape index (κ3) is 4.23. The average molecular weight is 475 g/mol. The van der Waals surface area contributed by atoms with E-state index >= 15 is 0 Å². The number of non-ortho nitro benzene ring substituents is 1. The normalized spacial score (nSPS) is 12.3. The van der Waals surface area contributed by atoms with Gasteiger partial charge in [-0.15, -0.1) is 0 Å². The average Bonchev–Trinajstić information content (AvgIpc) is 3.12. The van der Waals surface area contributed by atoms with Crippen LogP contribution in [0, 0.1) is 20.2 Å². The smallest absolute Gasteiger partial charge is 0.338 e. The van der Waals surface area contributed by atoms with Gasteiger partial charge in [0.25, 0.3) is 23.2 Å². The van der Waals surface area contributed by atoms with Crippen molar-refractivity contribution in [1.82, 2.24) is 0 Å². The number of esters is 1. The third-order valence-electron chi connectivity index (χ3n) is 5.14. The van der Waals surface area contributed by atoms with E-state index in [1.54, 1.807) is 0 Å². The number of carbonyl (C=O) groups excluding carboxylic acids is 4. The van der Waals surface area contributed by atoms with Crippen molar-refractivity contribution in [2.45, 2.75) is 0 Å². The fraction of sp³-hybridized carbons (Fsp3) is 0.0435. The molecule has 12 nitrogen and oxygen atoms in total. The number of ketones is 1. The molecule has 4 rings (SSSR count). The molecule has 1 heterocycles. The van der Waals surface area contributed by atoms with E-state index in [-0.39, 0.29) is 33.6 Å². The third-order valence-corrected chi connectivity index (χ3v) is 5.14. The Labute approximate surface area is 195 Å². The van der Waals surface area contributed by atoms with Crippen LogP contribution in [0.25, 0.3) is 0 Å². The predicted octanol–water partition coefficient (Wildman–Crippen LogP) is 3.34. The van der Waals surface area contributed by atoms with Crippen LogP contribution >= 0.6 is 0 Å².